The third kappa shape index (κ3) is 1.75. The van der Waals surface area contributed by atoms with Crippen molar-refractivity contribution in [2.75, 3.05) is 0 Å². The number of nitrogens with two attached hydrogens (primary N) is 1. The Kier molecular flexibility index (Phi) is 2.90. The smallest absolute Gasteiger partial charge is 0.372 e. The highest BCUT2D eigenvalue weighted by Gasteiger charge is 2.35. The Morgan fingerprint density at radius 2 is 1.89 bits per heavy atom. The van der Waals surface area contributed by atoms with Crippen LogP contribution in [0.5, 0.6) is 0 Å². The first-order valence-electron chi connectivity index (χ1n) is 6.82. The molecule has 0 saturated heterocycles. The van der Waals surface area contributed by atoms with Gasteiger partial charge in [0.1, 0.15) is 5.76 Å². The molecule has 0 aliphatic heterocycles. The molecule has 3 rings (SSSR count). The van der Waals surface area contributed by atoms with Crippen molar-refractivity contribution in [2.24, 2.45) is 5.73 Å². The van der Waals surface area contributed by atoms with E-state index in [4.69, 9.17) is 10.2 Å². The summed E-state index contributed by atoms with van der Waals surface area (Å²) in [5, 5.41) is 9.33. The lowest BCUT2D eigenvalue weighted by atomic mass is 9.85. The fraction of sp³-hybridized carbons (Fsp3) is 0.643. The van der Waals surface area contributed by atoms with Gasteiger partial charge in [0.15, 0.2) is 0 Å². The second-order valence-electron chi connectivity index (χ2n) is 5.47. The molecule has 1 fully saturated rings. The molecule has 2 aliphatic carbocycles. The van der Waals surface area contributed by atoms with E-state index in [1.807, 2.05) is 0 Å². The summed E-state index contributed by atoms with van der Waals surface area (Å²) in [7, 11) is 0. The van der Waals surface area contributed by atoms with Crippen LogP contribution in [-0.2, 0) is 6.42 Å². The van der Waals surface area contributed by atoms with Crippen LogP contribution in [0.25, 0.3) is 0 Å². The van der Waals surface area contributed by atoms with Crippen LogP contribution in [0.15, 0.2) is 4.42 Å². The van der Waals surface area contributed by atoms with Crippen LogP contribution in [0.4, 0.5) is 0 Å². The van der Waals surface area contributed by atoms with E-state index in [0.29, 0.717) is 5.92 Å². The molecule has 0 bridgehead atoms. The first-order valence-corrected chi connectivity index (χ1v) is 6.82. The largest absolute Gasteiger partial charge is 0.475 e. The lowest BCUT2D eigenvalue weighted by molar-refractivity contribution is 0.0658. The summed E-state index contributed by atoms with van der Waals surface area (Å²) in [6, 6.07) is -0.0406. The number of carboxylic acids is 1. The fourth-order valence-electron chi connectivity index (χ4n) is 3.50. The molecule has 0 radical (unpaired) electrons. The molecular weight excluding hydrogens is 230 g/mol. The van der Waals surface area contributed by atoms with Crippen molar-refractivity contribution in [1.29, 1.82) is 0 Å². The SMILES string of the molecule is NC1CCCc2oc(C(=O)O)c(C3CCCC3)c21. The normalized spacial score (nSPS) is 24.2. The molecular formula is C14H19NO3. The topological polar surface area (TPSA) is 76.5 Å². The lowest BCUT2D eigenvalue weighted by Crippen LogP contribution is -2.18. The monoisotopic (exact) mass is 249 g/mol. The third-order valence-electron chi connectivity index (χ3n) is 4.31. The van der Waals surface area contributed by atoms with Crippen molar-refractivity contribution < 1.29 is 14.3 Å². The van der Waals surface area contributed by atoms with E-state index in [1.54, 1.807) is 0 Å². The number of aromatic carboxylic acids is 1. The first kappa shape index (κ1) is 11.8. The zero-order valence-electron chi connectivity index (χ0n) is 10.4. The van der Waals surface area contributed by atoms with Crippen molar-refractivity contribution >= 4 is 5.97 Å². The Morgan fingerprint density at radius 1 is 1.17 bits per heavy atom. The highest BCUT2D eigenvalue weighted by molar-refractivity contribution is 5.87. The van der Waals surface area contributed by atoms with E-state index in [0.717, 1.165) is 49.0 Å². The Hall–Kier alpha value is -1.29. The molecule has 98 valence electrons. The highest BCUT2D eigenvalue weighted by Crippen LogP contribution is 2.44. The minimum atomic E-state index is -0.946. The van der Waals surface area contributed by atoms with E-state index in [9.17, 15) is 9.90 Å². The summed E-state index contributed by atoms with van der Waals surface area (Å²) in [5.74, 6) is 0.378. The van der Waals surface area contributed by atoms with Gasteiger partial charge in [0.25, 0.3) is 0 Å². The molecule has 1 aromatic heterocycles. The number of carbonyl (C=O) groups is 1. The van der Waals surface area contributed by atoms with Crippen LogP contribution < -0.4 is 5.73 Å². The molecule has 1 unspecified atom stereocenters. The van der Waals surface area contributed by atoms with Crippen molar-refractivity contribution in [3.63, 3.8) is 0 Å². The Balaban J connectivity index is 2.12. The van der Waals surface area contributed by atoms with Crippen LogP contribution in [0.1, 0.15) is 77.9 Å². The molecule has 1 saturated carbocycles. The van der Waals surface area contributed by atoms with E-state index >= 15 is 0 Å². The van der Waals surface area contributed by atoms with Gasteiger partial charge in [-0.2, -0.15) is 0 Å². The quantitative estimate of drug-likeness (QED) is 0.844. The molecule has 1 aromatic rings. The van der Waals surface area contributed by atoms with E-state index in [1.165, 1.54) is 12.8 Å². The van der Waals surface area contributed by atoms with Gasteiger partial charge in [-0.1, -0.05) is 12.8 Å². The average Bonchev–Trinajstić information content (AvgIpc) is 2.95. The van der Waals surface area contributed by atoms with Crippen LogP contribution in [0, 0.1) is 0 Å². The number of rotatable bonds is 2. The van der Waals surface area contributed by atoms with Gasteiger partial charge in [-0.3, -0.25) is 0 Å². The van der Waals surface area contributed by atoms with Crippen molar-refractivity contribution in [3.05, 3.63) is 22.6 Å². The van der Waals surface area contributed by atoms with Crippen LogP contribution in [0.2, 0.25) is 0 Å². The van der Waals surface area contributed by atoms with Gasteiger partial charge >= 0.3 is 5.97 Å². The first-order chi connectivity index (χ1) is 8.68. The van der Waals surface area contributed by atoms with Crippen molar-refractivity contribution in [3.8, 4) is 0 Å². The Labute approximate surface area is 106 Å². The molecule has 2 aliphatic rings. The zero-order chi connectivity index (χ0) is 12.7. The van der Waals surface area contributed by atoms with Gasteiger partial charge in [-0.15, -0.1) is 0 Å². The maximum Gasteiger partial charge on any atom is 0.372 e. The molecule has 18 heavy (non-hydrogen) atoms. The number of furan rings is 1. The summed E-state index contributed by atoms with van der Waals surface area (Å²) < 4.78 is 5.60. The maximum absolute atomic E-state index is 11.4. The van der Waals surface area contributed by atoms with Crippen LogP contribution >= 0.6 is 0 Å². The molecule has 1 atom stereocenters. The third-order valence-corrected chi connectivity index (χ3v) is 4.31. The predicted octanol–water partition coefficient (Wildman–Crippen LogP) is 2.97. The van der Waals surface area contributed by atoms with Crippen molar-refractivity contribution in [1.82, 2.24) is 0 Å². The number of carboxylic acid groups (broad SMARTS) is 1. The summed E-state index contributed by atoms with van der Waals surface area (Å²) in [6.07, 6.45) is 7.25. The molecule has 0 aromatic carbocycles. The Bertz CT molecular complexity index is 472. The number of fused-ring (bicyclic) bond motifs is 1. The Morgan fingerprint density at radius 3 is 2.56 bits per heavy atom. The molecule has 0 amide bonds. The zero-order valence-corrected chi connectivity index (χ0v) is 10.4. The van der Waals surface area contributed by atoms with Gasteiger partial charge in [0, 0.05) is 23.6 Å². The highest BCUT2D eigenvalue weighted by atomic mass is 16.4. The van der Waals surface area contributed by atoms with Gasteiger partial charge in [-0.25, -0.2) is 4.79 Å². The minimum absolute atomic E-state index is 0.0406. The van der Waals surface area contributed by atoms with Crippen molar-refractivity contribution in [2.45, 2.75) is 56.9 Å². The minimum Gasteiger partial charge on any atom is -0.475 e. The van der Waals surface area contributed by atoms with Crippen LogP contribution in [0.3, 0.4) is 0 Å². The fourth-order valence-corrected chi connectivity index (χ4v) is 3.50. The second kappa shape index (κ2) is 4.43. The van der Waals surface area contributed by atoms with E-state index < -0.39 is 5.97 Å². The molecule has 1 heterocycles. The van der Waals surface area contributed by atoms with E-state index in [2.05, 4.69) is 0 Å². The van der Waals surface area contributed by atoms with E-state index in [-0.39, 0.29) is 11.8 Å². The number of aryl methyl sites for hydroxylation is 1. The molecule has 4 heteroatoms. The maximum atomic E-state index is 11.4. The summed E-state index contributed by atoms with van der Waals surface area (Å²) in [5.41, 5.74) is 8.11. The summed E-state index contributed by atoms with van der Waals surface area (Å²) in [6.45, 7) is 0. The van der Waals surface area contributed by atoms with Gasteiger partial charge in [0.05, 0.1) is 0 Å². The van der Waals surface area contributed by atoms with Gasteiger partial charge < -0.3 is 15.3 Å². The second-order valence-corrected chi connectivity index (χ2v) is 5.47. The summed E-state index contributed by atoms with van der Waals surface area (Å²) in [4.78, 5) is 11.4. The van der Waals surface area contributed by atoms with Gasteiger partial charge in [0.2, 0.25) is 5.76 Å². The molecule has 0 spiro atoms. The standard InChI is InChI=1S/C14H19NO3/c15-9-6-3-7-10-12(9)11(8-4-1-2-5-8)13(18-10)14(16)17/h8-9H,1-7,15H2,(H,16,17). The number of hydrogen-bond acceptors (Lipinski definition) is 3. The molecule has 4 nitrogen and oxygen atoms in total. The molecule has 3 N–H and O–H groups in total. The number of hydrogen-bond donors (Lipinski definition) is 2. The average molecular weight is 249 g/mol. The van der Waals surface area contributed by atoms with Crippen LogP contribution in [-0.4, -0.2) is 11.1 Å². The summed E-state index contributed by atoms with van der Waals surface area (Å²) >= 11 is 0. The lowest BCUT2D eigenvalue weighted by Gasteiger charge is -2.20. The predicted molar refractivity (Wildman–Crippen MR) is 66.7 cm³/mol. The van der Waals surface area contributed by atoms with Gasteiger partial charge in [-0.05, 0) is 31.6 Å².